The second kappa shape index (κ2) is 12.2. The number of amides is 3. The first-order chi connectivity index (χ1) is 19.7. The lowest BCUT2D eigenvalue weighted by atomic mass is 10.0. The van der Waals surface area contributed by atoms with Gasteiger partial charge in [0.25, 0.3) is 11.8 Å². The number of ether oxygens (including phenoxy) is 1. The number of carbonyl (C=O) groups excluding carboxylic acids is 3. The summed E-state index contributed by atoms with van der Waals surface area (Å²) in [6.07, 6.45) is 0.541. The molecule has 2 saturated heterocycles. The number of aromatic nitrogens is 1. The molecule has 3 aromatic rings. The van der Waals surface area contributed by atoms with Crippen LogP contribution in [0.1, 0.15) is 41.0 Å². The van der Waals surface area contributed by atoms with Crippen LogP contribution in [0, 0.1) is 11.7 Å². The number of benzene rings is 2. The molecule has 2 aromatic carbocycles. The van der Waals surface area contributed by atoms with Crippen LogP contribution in [0.5, 0.6) is 0 Å². The van der Waals surface area contributed by atoms with Crippen LogP contribution in [0.15, 0.2) is 42.5 Å². The van der Waals surface area contributed by atoms with Gasteiger partial charge in [0.15, 0.2) is 0 Å². The van der Waals surface area contributed by atoms with E-state index in [0.717, 1.165) is 12.2 Å². The molecule has 216 valence electrons. The van der Waals surface area contributed by atoms with Gasteiger partial charge >= 0.3 is 6.09 Å². The molecule has 0 bridgehead atoms. The molecule has 1 aromatic heterocycles. The monoisotopic (exact) mass is 598 g/mol. The summed E-state index contributed by atoms with van der Waals surface area (Å²) in [4.78, 5) is 46.5. The highest BCUT2D eigenvalue weighted by Gasteiger charge is 2.33. The quantitative estimate of drug-likeness (QED) is 0.378. The van der Waals surface area contributed by atoms with Crippen molar-refractivity contribution in [3.8, 4) is 11.3 Å². The molecule has 3 amide bonds. The van der Waals surface area contributed by atoms with E-state index < -0.39 is 11.7 Å². The molecule has 3 heterocycles. The predicted molar refractivity (Wildman–Crippen MR) is 159 cm³/mol. The summed E-state index contributed by atoms with van der Waals surface area (Å²) in [5, 5.41) is 4.09. The van der Waals surface area contributed by atoms with Gasteiger partial charge in [0.2, 0.25) is 0 Å². The summed E-state index contributed by atoms with van der Waals surface area (Å²) in [7, 11) is 1.44. The molecule has 0 saturated carbocycles. The second-order valence-electron chi connectivity index (χ2n) is 10.5. The molecule has 0 radical (unpaired) electrons. The number of pyridine rings is 1. The maximum absolute atomic E-state index is 14.6. The zero-order chi connectivity index (χ0) is 29.3. The first-order valence-corrected chi connectivity index (χ1v) is 15.1. The van der Waals surface area contributed by atoms with Crippen molar-refractivity contribution in [3.05, 3.63) is 64.4 Å². The lowest BCUT2D eigenvalue weighted by Crippen LogP contribution is -2.42. The van der Waals surface area contributed by atoms with Crippen molar-refractivity contribution in [2.75, 3.05) is 39.0 Å². The van der Waals surface area contributed by atoms with Crippen molar-refractivity contribution in [1.82, 2.24) is 20.1 Å². The van der Waals surface area contributed by atoms with Gasteiger partial charge in [-0.05, 0) is 49.6 Å². The van der Waals surface area contributed by atoms with Gasteiger partial charge < -0.3 is 19.9 Å². The van der Waals surface area contributed by atoms with E-state index in [1.54, 1.807) is 40.1 Å². The Morgan fingerprint density at radius 1 is 1.15 bits per heavy atom. The summed E-state index contributed by atoms with van der Waals surface area (Å²) in [6, 6.07) is 10.9. The molecule has 2 fully saturated rings. The smallest absolute Gasteiger partial charge is 0.409 e. The third kappa shape index (κ3) is 6.43. The minimum absolute atomic E-state index is 0.0419. The normalized spacial score (nSPS) is 20.5. The molecule has 3 unspecified atom stereocenters. The summed E-state index contributed by atoms with van der Waals surface area (Å²) in [5.41, 5.74) is 1.73. The molecule has 5 rings (SSSR count). The van der Waals surface area contributed by atoms with Crippen molar-refractivity contribution in [1.29, 1.82) is 0 Å². The zero-order valence-corrected chi connectivity index (χ0v) is 24.7. The van der Waals surface area contributed by atoms with E-state index in [1.807, 2.05) is 25.6 Å². The fourth-order valence-electron chi connectivity index (χ4n) is 5.01. The number of nitrogens with one attached hydrogen (secondary N) is 1. The standard InChI is InChI=1S/C30H32ClFN4O4S/c1-17-15-35(30(39)40-11-8-21-16-41-21)9-10-36(18(17)2)29(38)20-5-6-22-24(31)14-26(34-27(22)13-20)19-4-7-23(25(32)12-19)28(37)33-3/h4-7,12-14,17-18,21H,8-11,15-16H2,1-3H3,(H,33,37). The average Bonchev–Trinajstić information content (AvgIpc) is 3.80. The highest BCUT2D eigenvalue weighted by molar-refractivity contribution is 8.06. The Hall–Kier alpha value is -3.37. The van der Waals surface area contributed by atoms with Crippen LogP contribution >= 0.6 is 23.4 Å². The largest absolute Gasteiger partial charge is 0.449 e. The van der Waals surface area contributed by atoms with Gasteiger partial charge in [-0.15, -0.1) is 0 Å². The Morgan fingerprint density at radius 2 is 1.93 bits per heavy atom. The Bertz CT molecular complexity index is 1500. The molecule has 1 N–H and O–H groups in total. The van der Waals surface area contributed by atoms with Crippen molar-refractivity contribution < 1.29 is 23.5 Å². The van der Waals surface area contributed by atoms with Crippen molar-refractivity contribution in [2.45, 2.75) is 31.6 Å². The number of thioether (sulfide) groups is 1. The van der Waals surface area contributed by atoms with Crippen LogP contribution in [-0.2, 0) is 4.74 Å². The number of fused-ring (bicyclic) bond motifs is 1. The second-order valence-corrected chi connectivity index (χ2v) is 12.3. The van der Waals surface area contributed by atoms with Crippen molar-refractivity contribution in [2.24, 2.45) is 5.92 Å². The SMILES string of the molecule is CNC(=O)c1ccc(-c2cc(Cl)c3ccc(C(=O)N4CCN(C(=O)OCCC5CS5)CC(C)C4C)cc3n2)cc1F. The van der Waals surface area contributed by atoms with E-state index in [0.29, 0.717) is 64.2 Å². The first-order valence-electron chi connectivity index (χ1n) is 13.6. The Kier molecular flexibility index (Phi) is 8.70. The van der Waals surface area contributed by atoms with Crippen molar-refractivity contribution in [3.63, 3.8) is 0 Å². The average molecular weight is 599 g/mol. The highest BCUT2D eigenvalue weighted by atomic mass is 35.5. The van der Waals surface area contributed by atoms with Gasteiger partial charge in [0.05, 0.1) is 28.4 Å². The number of hydrogen-bond acceptors (Lipinski definition) is 6. The van der Waals surface area contributed by atoms with Crippen LogP contribution in [0.3, 0.4) is 0 Å². The van der Waals surface area contributed by atoms with Crippen LogP contribution in [0.2, 0.25) is 5.02 Å². The van der Waals surface area contributed by atoms with E-state index in [1.165, 1.54) is 19.2 Å². The minimum atomic E-state index is -0.673. The molecular formula is C30H32ClFN4O4S. The molecule has 8 nitrogen and oxygen atoms in total. The molecule has 3 atom stereocenters. The highest BCUT2D eigenvalue weighted by Crippen LogP contribution is 2.33. The molecule has 41 heavy (non-hydrogen) atoms. The van der Waals surface area contributed by atoms with Gasteiger partial charge in [0, 0.05) is 60.2 Å². The number of nitrogens with zero attached hydrogens (tertiary/aromatic N) is 3. The minimum Gasteiger partial charge on any atom is -0.449 e. The maximum Gasteiger partial charge on any atom is 0.409 e. The fourth-order valence-corrected chi connectivity index (χ4v) is 5.84. The van der Waals surface area contributed by atoms with Crippen LogP contribution < -0.4 is 5.32 Å². The topological polar surface area (TPSA) is 91.8 Å². The van der Waals surface area contributed by atoms with Gasteiger partial charge in [-0.1, -0.05) is 30.7 Å². The van der Waals surface area contributed by atoms with Gasteiger partial charge in [0.1, 0.15) is 5.82 Å². The van der Waals surface area contributed by atoms with E-state index in [-0.39, 0.29) is 29.5 Å². The zero-order valence-electron chi connectivity index (χ0n) is 23.2. The van der Waals surface area contributed by atoms with Crippen LogP contribution in [0.25, 0.3) is 22.2 Å². The Labute approximate surface area is 247 Å². The van der Waals surface area contributed by atoms with E-state index >= 15 is 0 Å². The lowest BCUT2D eigenvalue weighted by molar-refractivity contribution is 0.0669. The van der Waals surface area contributed by atoms with Gasteiger partial charge in [-0.2, -0.15) is 11.8 Å². The number of rotatable bonds is 6. The van der Waals surface area contributed by atoms with Crippen LogP contribution in [-0.4, -0.2) is 83.0 Å². The Morgan fingerprint density at radius 3 is 2.63 bits per heavy atom. The summed E-state index contributed by atoms with van der Waals surface area (Å²) < 4.78 is 20.1. The van der Waals surface area contributed by atoms with E-state index in [2.05, 4.69) is 10.3 Å². The van der Waals surface area contributed by atoms with Gasteiger partial charge in [-0.25, -0.2) is 14.2 Å². The van der Waals surface area contributed by atoms with Crippen LogP contribution in [0.4, 0.5) is 9.18 Å². The molecular weight excluding hydrogens is 567 g/mol. The lowest BCUT2D eigenvalue weighted by Gasteiger charge is -2.30. The van der Waals surface area contributed by atoms with E-state index in [9.17, 15) is 18.8 Å². The maximum atomic E-state index is 14.6. The number of carbonyl (C=O) groups is 3. The third-order valence-electron chi connectivity index (χ3n) is 7.76. The molecule has 0 aliphatic carbocycles. The third-order valence-corrected chi connectivity index (χ3v) is 9.12. The molecule has 0 spiro atoms. The fraction of sp³-hybridized carbons (Fsp3) is 0.400. The predicted octanol–water partition coefficient (Wildman–Crippen LogP) is 5.48. The molecule has 2 aliphatic rings. The Balaban J connectivity index is 1.36. The number of halogens is 2. The van der Waals surface area contributed by atoms with Gasteiger partial charge in [-0.3, -0.25) is 9.59 Å². The molecule has 11 heteroatoms. The summed E-state index contributed by atoms with van der Waals surface area (Å²) in [6.45, 7) is 5.71. The van der Waals surface area contributed by atoms with E-state index in [4.69, 9.17) is 16.3 Å². The summed E-state index contributed by atoms with van der Waals surface area (Å²) >= 11 is 8.43. The summed E-state index contributed by atoms with van der Waals surface area (Å²) in [5.74, 6) is -0.189. The van der Waals surface area contributed by atoms with Crippen molar-refractivity contribution >= 4 is 52.2 Å². The molecule has 2 aliphatic heterocycles. The number of hydrogen-bond donors (Lipinski definition) is 1. The first kappa shape index (κ1) is 29.1.